The number of β-amino-alcohol motifs (C(OH)–C–C–N with tert-alkyl or cyclic N) is 1. The molecule has 4 rings (SSSR count). The second kappa shape index (κ2) is 9.98. The Hall–Kier alpha value is -1.99. The number of piperidine rings is 1. The van der Waals surface area contributed by atoms with Crippen LogP contribution in [-0.2, 0) is 0 Å². The van der Waals surface area contributed by atoms with Crippen molar-refractivity contribution < 1.29 is 5.11 Å². The first-order chi connectivity index (χ1) is 13.3. The summed E-state index contributed by atoms with van der Waals surface area (Å²) in [6, 6.07) is 14.6. The monoisotopic (exact) mass is 416 g/mol. The van der Waals surface area contributed by atoms with Crippen LogP contribution in [0.3, 0.4) is 0 Å². The number of rotatable bonds is 6. The third-order valence-corrected chi connectivity index (χ3v) is 6.02. The van der Waals surface area contributed by atoms with Crippen molar-refractivity contribution in [3.8, 4) is 10.4 Å². The van der Waals surface area contributed by atoms with Crippen molar-refractivity contribution in [2.75, 3.05) is 31.6 Å². The van der Waals surface area contributed by atoms with E-state index in [0.29, 0.717) is 5.92 Å². The van der Waals surface area contributed by atoms with E-state index in [1.165, 1.54) is 11.1 Å². The molecule has 0 amide bonds. The second-order valence-corrected chi connectivity index (χ2v) is 7.87. The first-order valence-corrected chi connectivity index (χ1v) is 10.2. The number of likely N-dealkylation sites (tertiary alicyclic amines) is 1. The Labute approximate surface area is 175 Å². The number of benzene rings is 1. The van der Waals surface area contributed by atoms with Gasteiger partial charge in [0, 0.05) is 18.9 Å². The van der Waals surface area contributed by atoms with Gasteiger partial charge in [-0.05, 0) is 55.1 Å². The van der Waals surface area contributed by atoms with E-state index in [1.54, 1.807) is 11.3 Å². The number of halogens is 1. The Morgan fingerprint density at radius 1 is 1.11 bits per heavy atom. The fraction of sp³-hybridized carbons (Fsp3) is 0.333. The van der Waals surface area contributed by atoms with Crippen molar-refractivity contribution in [1.29, 1.82) is 0 Å². The van der Waals surface area contributed by atoms with E-state index in [1.807, 2.05) is 30.6 Å². The highest BCUT2D eigenvalue weighted by Crippen LogP contribution is 2.32. The minimum absolute atomic E-state index is 0. The van der Waals surface area contributed by atoms with Crippen LogP contribution in [0.1, 0.15) is 24.3 Å². The number of hydrogen-bond donors (Lipinski definition) is 2. The molecule has 3 heterocycles. The maximum Gasteiger partial charge on any atom is 0.188 e. The van der Waals surface area contributed by atoms with E-state index in [4.69, 9.17) is 5.11 Å². The number of aliphatic hydroxyl groups is 1. The summed E-state index contributed by atoms with van der Waals surface area (Å²) in [4.78, 5) is 12.4. The van der Waals surface area contributed by atoms with Crippen LogP contribution in [0, 0.1) is 0 Å². The van der Waals surface area contributed by atoms with Crippen LogP contribution < -0.4 is 5.32 Å². The zero-order valence-corrected chi connectivity index (χ0v) is 17.3. The van der Waals surface area contributed by atoms with E-state index < -0.39 is 0 Å². The summed E-state index contributed by atoms with van der Waals surface area (Å²) in [6.45, 7) is 3.11. The van der Waals surface area contributed by atoms with E-state index in [-0.39, 0.29) is 19.0 Å². The lowest BCUT2D eigenvalue weighted by Crippen LogP contribution is -2.34. The molecule has 7 heteroatoms. The number of aliphatic hydroxyl groups excluding tert-OH is 1. The summed E-state index contributed by atoms with van der Waals surface area (Å²) in [5.74, 6) is 1.40. The van der Waals surface area contributed by atoms with Gasteiger partial charge in [0.15, 0.2) is 5.13 Å². The molecule has 0 atom stereocenters. The molecule has 1 aromatic carbocycles. The number of aromatic nitrogens is 2. The second-order valence-electron chi connectivity index (χ2n) is 6.83. The first-order valence-electron chi connectivity index (χ1n) is 9.39. The number of hydrogen-bond acceptors (Lipinski definition) is 6. The average Bonchev–Trinajstić information content (AvgIpc) is 3.18. The van der Waals surface area contributed by atoms with Crippen molar-refractivity contribution >= 4 is 34.7 Å². The van der Waals surface area contributed by atoms with Gasteiger partial charge in [0.25, 0.3) is 0 Å². The van der Waals surface area contributed by atoms with E-state index in [9.17, 15) is 0 Å². The average molecular weight is 417 g/mol. The maximum absolute atomic E-state index is 9.09. The predicted molar refractivity (Wildman–Crippen MR) is 118 cm³/mol. The summed E-state index contributed by atoms with van der Waals surface area (Å²) in [5, 5.41) is 13.3. The van der Waals surface area contributed by atoms with Crippen LogP contribution in [-0.4, -0.2) is 46.2 Å². The molecular weight excluding hydrogens is 392 g/mol. The van der Waals surface area contributed by atoms with Crippen LogP contribution >= 0.6 is 23.7 Å². The minimum Gasteiger partial charge on any atom is -0.395 e. The molecule has 148 valence electrons. The largest absolute Gasteiger partial charge is 0.395 e. The van der Waals surface area contributed by atoms with Crippen molar-refractivity contribution in [2.24, 2.45) is 0 Å². The van der Waals surface area contributed by atoms with Crippen molar-refractivity contribution in [2.45, 2.75) is 18.8 Å². The summed E-state index contributed by atoms with van der Waals surface area (Å²) >= 11 is 1.64. The van der Waals surface area contributed by atoms with Gasteiger partial charge >= 0.3 is 0 Å². The Bertz CT molecular complexity index is 866. The fourth-order valence-electron chi connectivity index (χ4n) is 3.58. The molecule has 0 bridgehead atoms. The van der Waals surface area contributed by atoms with E-state index >= 15 is 0 Å². The van der Waals surface area contributed by atoms with E-state index in [2.05, 4.69) is 44.5 Å². The zero-order chi connectivity index (χ0) is 18.5. The highest BCUT2D eigenvalue weighted by atomic mass is 35.5. The van der Waals surface area contributed by atoms with Gasteiger partial charge < -0.3 is 15.3 Å². The SMILES string of the molecule is Cl.OCCN1CCC(c2ccnc(Nc3ncc(-c4ccccc4)s3)c2)CC1. The summed E-state index contributed by atoms with van der Waals surface area (Å²) in [7, 11) is 0. The van der Waals surface area contributed by atoms with Gasteiger partial charge in [-0.25, -0.2) is 9.97 Å². The van der Waals surface area contributed by atoms with Crippen LogP contribution in [0.4, 0.5) is 10.9 Å². The Morgan fingerprint density at radius 3 is 2.64 bits per heavy atom. The normalized spacial score (nSPS) is 15.2. The molecule has 1 aliphatic rings. The van der Waals surface area contributed by atoms with Crippen LogP contribution in [0.25, 0.3) is 10.4 Å². The van der Waals surface area contributed by atoms with Gasteiger partial charge in [0.05, 0.1) is 11.5 Å². The van der Waals surface area contributed by atoms with Gasteiger partial charge in [-0.2, -0.15) is 0 Å². The molecule has 2 N–H and O–H groups in total. The number of pyridine rings is 1. The van der Waals surface area contributed by atoms with Crippen LogP contribution in [0.2, 0.25) is 0 Å². The molecule has 0 unspecified atom stereocenters. The van der Waals surface area contributed by atoms with Gasteiger partial charge in [0.1, 0.15) is 5.82 Å². The Balaban J connectivity index is 0.00000225. The highest BCUT2D eigenvalue weighted by molar-refractivity contribution is 7.18. The van der Waals surface area contributed by atoms with Crippen molar-refractivity contribution in [3.63, 3.8) is 0 Å². The Kier molecular flexibility index (Phi) is 7.39. The van der Waals surface area contributed by atoms with Gasteiger partial charge in [-0.1, -0.05) is 41.7 Å². The molecule has 0 aliphatic carbocycles. The van der Waals surface area contributed by atoms with Crippen molar-refractivity contribution in [1.82, 2.24) is 14.9 Å². The topological polar surface area (TPSA) is 61.3 Å². The lowest BCUT2D eigenvalue weighted by Gasteiger charge is -2.31. The number of anilines is 2. The molecule has 0 saturated carbocycles. The Morgan fingerprint density at radius 2 is 1.89 bits per heavy atom. The molecule has 1 fully saturated rings. The van der Waals surface area contributed by atoms with E-state index in [0.717, 1.165) is 48.3 Å². The summed E-state index contributed by atoms with van der Waals surface area (Å²) in [5.41, 5.74) is 2.51. The smallest absolute Gasteiger partial charge is 0.188 e. The van der Waals surface area contributed by atoms with Crippen molar-refractivity contribution in [3.05, 3.63) is 60.4 Å². The summed E-state index contributed by atoms with van der Waals surface area (Å²) in [6.07, 6.45) is 6.03. The van der Waals surface area contributed by atoms with Crippen LogP contribution in [0.15, 0.2) is 54.9 Å². The third-order valence-electron chi connectivity index (χ3n) is 5.06. The maximum atomic E-state index is 9.09. The molecule has 1 saturated heterocycles. The molecule has 0 spiro atoms. The molecule has 0 radical (unpaired) electrons. The third kappa shape index (κ3) is 5.08. The molecule has 1 aliphatic heterocycles. The van der Waals surface area contributed by atoms with Gasteiger partial charge in [-0.15, -0.1) is 12.4 Å². The predicted octanol–water partition coefficient (Wildman–Crippen LogP) is 4.54. The fourth-order valence-corrected chi connectivity index (χ4v) is 4.41. The number of nitrogens with zero attached hydrogens (tertiary/aromatic N) is 3. The standard InChI is InChI=1S/C21H24N4OS.ClH/c26-13-12-25-10-7-16(8-11-25)18-6-9-22-20(14-18)24-21-23-15-19(27-21)17-4-2-1-3-5-17;/h1-6,9,14-16,26H,7-8,10-13H2,(H,22,23,24);1H. The number of thiazole rings is 1. The molecular formula is C21H25ClN4OS. The molecule has 28 heavy (non-hydrogen) atoms. The zero-order valence-electron chi connectivity index (χ0n) is 15.6. The van der Waals surface area contributed by atoms with Gasteiger partial charge in [0.2, 0.25) is 0 Å². The highest BCUT2D eigenvalue weighted by Gasteiger charge is 2.20. The minimum atomic E-state index is 0. The molecule has 3 aromatic rings. The summed E-state index contributed by atoms with van der Waals surface area (Å²) < 4.78 is 0. The van der Waals surface area contributed by atoms with Crippen LogP contribution in [0.5, 0.6) is 0 Å². The van der Waals surface area contributed by atoms with Gasteiger partial charge in [-0.3, -0.25) is 0 Å². The lowest BCUT2D eigenvalue weighted by molar-refractivity contribution is 0.164. The number of nitrogens with one attached hydrogen (secondary N) is 1. The quantitative estimate of drug-likeness (QED) is 0.617. The molecule has 5 nitrogen and oxygen atoms in total. The first kappa shape index (κ1) is 20.7. The molecule has 2 aromatic heterocycles. The lowest BCUT2D eigenvalue weighted by atomic mass is 9.90.